The second-order valence-electron chi connectivity index (χ2n) is 23.4. The molecule has 0 aromatic heterocycles. The van der Waals surface area contributed by atoms with Crippen molar-refractivity contribution in [1.29, 1.82) is 0 Å². The molecule has 24 N–H and O–H groups in total. The van der Waals surface area contributed by atoms with Crippen LogP contribution in [0, 0.1) is 0 Å². The van der Waals surface area contributed by atoms with Crippen LogP contribution < -0.4 is 10.6 Å². The topological polar surface area (TPSA) is 650 Å². The lowest BCUT2D eigenvalue weighted by Gasteiger charge is -2.52. The number of nitrogens with one attached hydrogen (secondary N) is 2. The maximum absolute atomic E-state index is 13.3. The number of amides is 2. The van der Waals surface area contributed by atoms with Gasteiger partial charge in [0.15, 0.2) is 50.3 Å². The van der Waals surface area contributed by atoms with Gasteiger partial charge in [0.1, 0.15) is 183 Å². The second kappa shape index (κ2) is 33.8. The summed E-state index contributed by atoms with van der Waals surface area (Å²) in [5, 5.41) is 244. The normalized spacial score (nSPS) is 48.0. The van der Waals surface area contributed by atoms with E-state index in [4.69, 9.17) is 66.3 Å². The number of carbonyl (C=O) groups is 3. The molecule has 0 bridgehead atoms. The highest BCUT2D eigenvalue weighted by molar-refractivity contribution is 5.73. The number of carbonyl (C=O) groups excluding carboxylic acids is 3. The highest BCUT2D eigenvalue weighted by atomic mass is 16.8. The van der Waals surface area contributed by atoms with Gasteiger partial charge in [-0.3, -0.25) is 9.59 Å². The van der Waals surface area contributed by atoms with Crippen molar-refractivity contribution in [1.82, 2.24) is 10.6 Å². The van der Waals surface area contributed by atoms with Crippen molar-refractivity contribution in [3.8, 4) is 0 Å². The van der Waals surface area contributed by atoms with E-state index in [2.05, 4.69) is 10.6 Å². The first-order valence-corrected chi connectivity index (χ1v) is 29.6. The standard InChI is InChI=1S/C52H88N2O39/c1-12-25(66)31(72)34(75)48(80-12)90-42-23(53-14(3)62)46(85-21(10-60)40(42)88-50-36(77)33(74)28(69)18(7-57)82-50)93-45-30(71)20(9-59)84-52(38(45)79)89-41-22(11-61)86-47(24(54-15(4)63)43(41)91-49-35(76)32(73)26(67)13(2)81-49)92-44-29(70)19(8-58)83-51(37(44)78)87-39(17(65)6-56)27(68)16(64)5-55/h5,12-13,16-52,56-61,64-79H,6-11H2,1-4H3,(H,53,62)(H,54,63). The Balaban J connectivity index is 1.26. The van der Waals surface area contributed by atoms with E-state index in [-0.39, 0.29) is 6.29 Å². The Morgan fingerprint density at radius 1 is 0.387 bits per heavy atom. The summed E-state index contributed by atoms with van der Waals surface area (Å²) < 4.78 is 83.2. The van der Waals surface area contributed by atoms with Crippen LogP contribution in [0.25, 0.3) is 0 Å². The number of hydrogen-bond donors (Lipinski definition) is 24. The quantitative estimate of drug-likeness (QED) is 0.0358. The largest absolute Gasteiger partial charge is 0.394 e. The van der Waals surface area contributed by atoms with E-state index in [1.54, 1.807) is 0 Å². The molecule has 0 saturated carbocycles. The van der Waals surface area contributed by atoms with Crippen LogP contribution in [0.3, 0.4) is 0 Å². The first-order chi connectivity index (χ1) is 43.9. The van der Waals surface area contributed by atoms with Crippen molar-refractivity contribution in [3.63, 3.8) is 0 Å². The van der Waals surface area contributed by atoms with Gasteiger partial charge in [0.05, 0.1) is 51.8 Å². The SMILES string of the molecule is CC(=O)NC1C(OC2C(O)C(CO)OC(OC3C(CO)OC(OC4C(O)C(CO)OC(OC(C(O)CO)C(O)C(O)C=O)C4O)C(NC(C)=O)C3OC3OC(C)C(O)C(O)C3O)C2O)OC(CO)C(OC2OC(CO)C(O)C(O)C2O)C1OC1OC(C)C(O)C(O)C1O. The maximum atomic E-state index is 13.3. The summed E-state index contributed by atoms with van der Waals surface area (Å²) in [7, 11) is 0. The molecule has 7 fully saturated rings. The van der Waals surface area contributed by atoms with Crippen molar-refractivity contribution in [2.75, 3.05) is 39.6 Å². The number of aldehydes is 1. The van der Waals surface area contributed by atoms with E-state index in [1.807, 2.05) is 0 Å². The molecular formula is C52H88N2O39. The molecule has 7 aliphatic heterocycles. The van der Waals surface area contributed by atoms with Gasteiger partial charge in [-0.15, -0.1) is 0 Å². The molecule has 39 atom stereocenters. The summed E-state index contributed by atoms with van der Waals surface area (Å²) in [6, 6.07) is -3.93. The molecule has 7 rings (SSSR count). The van der Waals surface area contributed by atoms with E-state index in [0.29, 0.717) is 0 Å². The smallest absolute Gasteiger partial charge is 0.217 e. The Morgan fingerprint density at radius 2 is 0.699 bits per heavy atom. The van der Waals surface area contributed by atoms with Gasteiger partial charge in [-0.1, -0.05) is 0 Å². The number of aliphatic hydroxyl groups is 22. The second-order valence-corrected chi connectivity index (χ2v) is 23.4. The molecule has 41 heteroatoms. The van der Waals surface area contributed by atoms with E-state index < -0.39 is 291 Å². The minimum atomic E-state index is -2.44. The van der Waals surface area contributed by atoms with Crippen molar-refractivity contribution < 1.29 is 193 Å². The third-order valence-corrected chi connectivity index (χ3v) is 16.9. The average molecular weight is 1370 g/mol. The zero-order valence-corrected chi connectivity index (χ0v) is 50.1. The van der Waals surface area contributed by atoms with Crippen molar-refractivity contribution in [2.45, 2.75) is 267 Å². The number of hydrogen-bond acceptors (Lipinski definition) is 39. The van der Waals surface area contributed by atoms with Gasteiger partial charge in [0.2, 0.25) is 11.8 Å². The molecule has 39 unspecified atom stereocenters. The van der Waals surface area contributed by atoms with Gasteiger partial charge in [-0.25, -0.2) is 0 Å². The van der Waals surface area contributed by atoms with Crippen molar-refractivity contribution in [3.05, 3.63) is 0 Å². The Bertz CT molecular complexity index is 2330. The summed E-state index contributed by atoms with van der Waals surface area (Å²) in [6.07, 6.45) is -75.7. The van der Waals surface area contributed by atoms with E-state index >= 15 is 0 Å². The van der Waals surface area contributed by atoms with Gasteiger partial charge in [0, 0.05) is 13.8 Å². The number of rotatable bonds is 26. The molecule has 540 valence electrons. The number of aliphatic hydroxyl groups excluding tert-OH is 22. The van der Waals surface area contributed by atoms with Crippen LogP contribution in [0.2, 0.25) is 0 Å². The average Bonchev–Trinajstić information content (AvgIpc) is 0.766. The summed E-state index contributed by atoms with van der Waals surface area (Å²) in [4.78, 5) is 37.9. The predicted octanol–water partition coefficient (Wildman–Crippen LogP) is -16.3. The molecular weight excluding hydrogens is 1280 g/mol. The van der Waals surface area contributed by atoms with Crippen LogP contribution in [0.5, 0.6) is 0 Å². The summed E-state index contributed by atoms with van der Waals surface area (Å²) in [5.74, 6) is -1.94. The summed E-state index contributed by atoms with van der Waals surface area (Å²) >= 11 is 0. The molecule has 93 heavy (non-hydrogen) atoms. The third kappa shape index (κ3) is 17.1. The fourth-order valence-electron chi connectivity index (χ4n) is 11.7. The fraction of sp³-hybridized carbons (Fsp3) is 0.942. The highest BCUT2D eigenvalue weighted by Gasteiger charge is 2.61. The molecule has 41 nitrogen and oxygen atoms in total. The Labute approximate surface area is 527 Å². The zero-order valence-electron chi connectivity index (χ0n) is 50.1. The number of ether oxygens (including phenoxy) is 14. The van der Waals surface area contributed by atoms with Crippen LogP contribution in [0.4, 0.5) is 0 Å². The minimum Gasteiger partial charge on any atom is -0.394 e. The van der Waals surface area contributed by atoms with Crippen LogP contribution in [0.1, 0.15) is 27.7 Å². The van der Waals surface area contributed by atoms with E-state index in [1.165, 1.54) is 13.8 Å². The lowest BCUT2D eigenvalue weighted by molar-refractivity contribution is -0.398. The molecule has 0 aromatic carbocycles. The van der Waals surface area contributed by atoms with Crippen LogP contribution in [-0.2, 0) is 80.7 Å². The summed E-state index contributed by atoms with van der Waals surface area (Å²) in [6.45, 7) is -2.44. The lowest BCUT2D eigenvalue weighted by atomic mass is 9.93. The monoisotopic (exact) mass is 1360 g/mol. The molecule has 7 saturated heterocycles. The van der Waals surface area contributed by atoms with Crippen LogP contribution in [0.15, 0.2) is 0 Å². The van der Waals surface area contributed by atoms with Gasteiger partial charge in [0.25, 0.3) is 0 Å². The van der Waals surface area contributed by atoms with Crippen LogP contribution >= 0.6 is 0 Å². The van der Waals surface area contributed by atoms with Gasteiger partial charge < -0.3 is 194 Å². The summed E-state index contributed by atoms with van der Waals surface area (Å²) in [5.41, 5.74) is 0. The minimum absolute atomic E-state index is 0.165. The first kappa shape index (κ1) is 77.5. The maximum Gasteiger partial charge on any atom is 0.217 e. The van der Waals surface area contributed by atoms with E-state index in [0.717, 1.165) is 13.8 Å². The highest BCUT2D eigenvalue weighted by Crippen LogP contribution is 2.40. The predicted molar refractivity (Wildman–Crippen MR) is 286 cm³/mol. The molecule has 0 radical (unpaired) electrons. The van der Waals surface area contributed by atoms with Crippen molar-refractivity contribution >= 4 is 18.1 Å². The zero-order chi connectivity index (χ0) is 68.9. The van der Waals surface area contributed by atoms with Crippen LogP contribution in [-0.4, -0.2) is 409 Å². The Morgan fingerprint density at radius 3 is 1.06 bits per heavy atom. The molecule has 0 aliphatic carbocycles. The Kier molecular flexibility index (Phi) is 28.2. The molecule has 0 aromatic rings. The first-order valence-electron chi connectivity index (χ1n) is 29.6. The molecule has 2 amide bonds. The third-order valence-electron chi connectivity index (χ3n) is 16.9. The van der Waals surface area contributed by atoms with Gasteiger partial charge >= 0.3 is 0 Å². The lowest BCUT2D eigenvalue weighted by Crippen LogP contribution is -2.72. The van der Waals surface area contributed by atoms with Crippen molar-refractivity contribution in [2.24, 2.45) is 0 Å². The fourth-order valence-corrected chi connectivity index (χ4v) is 11.7. The van der Waals surface area contributed by atoms with Gasteiger partial charge in [-0.05, 0) is 13.8 Å². The molecule has 7 heterocycles. The Hall–Kier alpha value is -2.83. The molecule has 0 spiro atoms. The van der Waals surface area contributed by atoms with E-state index in [9.17, 15) is 127 Å². The van der Waals surface area contributed by atoms with Gasteiger partial charge in [-0.2, -0.15) is 0 Å². The molecule has 7 aliphatic rings.